The van der Waals surface area contributed by atoms with E-state index in [1.807, 2.05) is 66.7 Å². The Bertz CT molecular complexity index is 1150. The third-order valence-electron chi connectivity index (χ3n) is 6.51. The molecular weight excluding hydrogens is 479 g/mol. The molecule has 3 aromatic rings. The number of nitrogens with one attached hydrogen (secondary N) is 1. The molecule has 0 heterocycles. The van der Waals surface area contributed by atoms with Crippen molar-refractivity contribution in [3.8, 4) is 0 Å². The summed E-state index contributed by atoms with van der Waals surface area (Å²) < 4.78 is 0. The number of amides is 2. The molecule has 0 aliphatic heterocycles. The number of halogens is 2. The molecule has 35 heavy (non-hydrogen) atoms. The Morgan fingerprint density at radius 3 is 2.29 bits per heavy atom. The van der Waals surface area contributed by atoms with Crippen LogP contribution in [-0.4, -0.2) is 28.8 Å². The van der Waals surface area contributed by atoms with Crippen LogP contribution in [0, 0.1) is 0 Å². The Balaban J connectivity index is 1.67. The Morgan fingerprint density at radius 1 is 0.886 bits per heavy atom. The van der Waals surface area contributed by atoms with Gasteiger partial charge < -0.3 is 10.2 Å². The number of hydrogen-bond acceptors (Lipinski definition) is 2. The standard InChI is InChI=1S/C29H30Cl2N2O2/c30-24-13-8-11-22(17-24)20-33(28(34)19-23-12-4-7-16-26(23)31)27(18-21-9-2-1-3-10-21)29(35)32-25-14-5-6-15-25/h1-4,7-13,16-17,25,27H,5-6,14-15,18-20H2,(H,32,35). The van der Waals surface area contributed by atoms with Crippen molar-refractivity contribution in [3.05, 3.63) is 106 Å². The van der Waals surface area contributed by atoms with Gasteiger partial charge in [0, 0.05) is 29.1 Å². The molecule has 1 saturated carbocycles. The highest BCUT2D eigenvalue weighted by Crippen LogP contribution is 2.23. The molecule has 0 bridgehead atoms. The molecule has 1 aliphatic carbocycles. The van der Waals surface area contributed by atoms with E-state index in [4.69, 9.17) is 23.2 Å². The lowest BCUT2D eigenvalue weighted by Crippen LogP contribution is -2.52. The molecule has 3 aromatic carbocycles. The van der Waals surface area contributed by atoms with Crippen LogP contribution in [0.2, 0.25) is 10.0 Å². The number of nitrogens with zero attached hydrogens (tertiary/aromatic N) is 1. The molecule has 1 atom stereocenters. The van der Waals surface area contributed by atoms with Crippen molar-refractivity contribution < 1.29 is 9.59 Å². The molecule has 6 heteroatoms. The van der Waals surface area contributed by atoms with E-state index >= 15 is 0 Å². The van der Waals surface area contributed by atoms with Crippen molar-refractivity contribution in [1.29, 1.82) is 0 Å². The fourth-order valence-corrected chi connectivity index (χ4v) is 5.08. The first-order valence-electron chi connectivity index (χ1n) is 12.1. The molecule has 2 amide bonds. The lowest BCUT2D eigenvalue weighted by atomic mass is 10.0. The average Bonchev–Trinajstić information content (AvgIpc) is 3.36. The predicted molar refractivity (Wildman–Crippen MR) is 141 cm³/mol. The maximum absolute atomic E-state index is 13.8. The maximum atomic E-state index is 13.8. The SMILES string of the molecule is O=C(NC1CCCC1)C(Cc1ccccc1)N(Cc1cccc(Cl)c1)C(=O)Cc1ccccc1Cl. The monoisotopic (exact) mass is 508 g/mol. The lowest BCUT2D eigenvalue weighted by Gasteiger charge is -2.32. The van der Waals surface area contributed by atoms with Crippen LogP contribution in [0.4, 0.5) is 0 Å². The minimum Gasteiger partial charge on any atom is -0.352 e. The maximum Gasteiger partial charge on any atom is 0.243 e. The number of benzene rings is 3. The van der Waals surface area contributed by atoms with Gasteiger partial charge >= 0.3 is 0 Å². The Morgan fingerprint density at radius 2 is 1.57 bits per heavy atom. The summed E-state index contributed by atoms with van der Waals surface area (Å²) in [4.78, 5) is 29.1. The first kappa shape index (κ1) is 25.3. The summed E-state index contributed by atoms with van der Waals surface area (Å²) in [5.74, 6) is -0.268. The topological polar surface area (TPSA) is 49.4 Å². The molecule has 0 spiro atoms. The second kappa shape index (κ2) is 12.2. The fraction of sp³-hybridized carbons (Fsp3) is 0.310. The van der Waals surface area contributed by atoms with Crippen LogP contribution in [0.3, 0.4) is 0 Å². The van der Waals surface area contributed by atoms with Crippen LogP contribution >= 0.6 is 23.2 Å². The van der Waals surface area contributed by atoms with Gasteiger partial charge in [0.2, 0.25) is 11.8 Å². The average molecular weight is 509 g/mol. The van der Waals surface area contributed by atoms with E-state index in [0.717, 1.165) is 42.4 Å². The number of carbonyl (C=O) groups excluding carboxylic acids is 2. The van der Waals surface area contributed by atoms with E-state index in [2.05, 4.69) is 5.32 Å². The molecule has 1 aliphatic rings. The van der Waals surface area contributed by atoms with Gasteiger partial charge in [-0.2, -0.15) is 0 Å². The van der Waals surface area contributed by atoms with E-state index in [0.29, 0.717) is 16.5 Å². The van der Waals surface area contributed by atoms with Gasteiger partial charge in [0.25, 0.3) is 0 Å². The van der Waals surface area contributed by atoms with Crippen molar-refractivity contribution in [3.63, 3.8) is 0 Å². The van der Waals surface area contributed by atoms with Gasteiger partial charge in [-0.1, -0.05) is 96.7 Å². The van der Waals surface area contributed by atoms with Crippen LogP contribution < -0.4 is 5.32 Å². The second-order valence-corrected chi connectivity index (χ2v) is 9.96. The predicted octanol–water partition coefficient (Wildman–Crippen LogP) is 6.23. The van der Waals surface area contributed by atoms with Crippen LogP contribution in [0.1, 0.15) is 42.4 Å². The zero-order valence-electron chi connectivity index (χ0n) is 19.6. The molecular formula is C29H30Cl2N2O2. The van der Waals surface area contributed by atoms with Crippen LogP contribution in [-0.2, 0) is 29.0 Å². The molecule has 1 N–H and O–H groups in total. The van der Waals surface area contributed by atoms with E-state index in [1.165, 1.54) is 0 Å². The van der Waals surface area contributed by atoms with Crippen molar-refractivity contribution in [1.82, 2.24) is 10.2 Å². The Labute approximate surface area is 217 Å². The second-order valence-electron chi connectivity index (χ2n) is 9.12. The molecule has 0 radical (unpaired) electrons. The van der Waals surface area contributed by atoms with E-state index in [-0.39, 0.29) is 30.8 Å². The first-order chi connectivity index (χ1) is 17.0. The third-order valence-corrected chi connectivity index (χ3v) is 7.12. The van der Waals surface area contributed by atoms with Crippen molar-refractivity contribution in [2.45, 2.75) is 57.2 Å². The molecule has 0 saturated heterocycles. The molecule has 1 fully saturated rings. The van der Waals surface area contributed by atoms with Gasteiger partial charge in [-0.25, -0.2) is 0 Å². The summed E-state index contributed by atoms with van der Waals surface area (Å²) in [5, 5.41) is 4.36. The highest BCUT2D eigenvalue weighted by molar-refractivity contribution is 6.31. The van der Waals surface area contributed by atoms with Gasteiger partial charge in [-0.05, 0) is 47.7 Å². The van der Waals surface area contributed by atoms with Crippen molar-refractivity contribution in [2.24, 2.45) is 0 Å². The van der Waals surface area contributed by atoms with E-state index < -0.39 is 6.04 Å². The first-order valence-corrected chi connectivity index (χ1v) is 12.9. The Kier molecular flexibility index (Phi) is 8.84. The molecule has 0 aromatic heterocycles. The molecule has 182 valence electrons. The van der Waals surface area contributed by atoms with Crippen molar-refractivity contribution in [2.75, 3.05) is 0 Å². The number of carbonyl (C=O) groups is 2. The summed E-state index contributed by atoms with van der Waals surface area (Å²) in [7, 11) is 0. The number of rotatable bonds is 9. The van der Waals surface area contributed by atoms with E-state index in [1.54, 1.807) is 17.0 Å². The molecule has 4 nitrogen and oxygen atoms in total. The van der Waals surface area contributed by atoms with Crippen molar-refractivity contribution >= 4 is 35.0 Å². The third kappa shape index (κ3) is 7.09. The minimum atomic E-state index is -0.660. The van der Waals surface area contributed by atoms with E-state index in [9.17, 15) is 9.59 Å². The summed E-state index contributed by atoms with van der Waals surface area (Å²) in [6.45, 7) is 0.277. The summed E-state index contributed by atoms with van der Waals surface area (Å²) in [6.07, 6.45) is 4.73. The van der Waals surface area contributed by atoms with Crippen LogP contribution in [0.15, 0.2) is 78.9 Å². The summed E-state index contributed by atoms with van der Waals surface area (Å²) >= 11 is 12.6. The highest BCUT2D eigenvalue weighted by Gasteiger charge is 2.32. The van der Waals surface area contributed by atoms with Crippen LogP contribution in [0.5, 0.6) is 0 Å². The van der Waals surface area contributed by atoms with Gasteiger partial charge in [0.1, 0.15) is 6.04 Å². The largest absolute Gasteiger partial charge is 0.352 e. The quantitative estimate of drug-likeness (QED) is 0.372. The van der Waals surface area contributed by atoms with Gasteiger partial charge in [0.05, 0.1) is 6.42 Å². The summed E-state index contributed by atoms with van der Waals surface area (Å²) in [6, 6.07) is 24.1. The normalized spacial score (nSPS) is 14.5. The zero-order valence-corrected chi connectivity index (χ0v) is 21.1. The molecule has 1 unspecified atom stereocenters. The number of hydrogen-bond donors (Lipinski definition) is 1. The minimum absolute atomic E-state index is 0.113. The lowest BCUT2D eigenvalue weighted by molar-refractivity contribution is -0.141. The Hall–Kier alpha value is -2.82. The fourth-order valence-electron chi connectivity index (χ4n) is 4.66. The van der Waals surface area contributed by atoms with Gasteiger partial charge in [-0.15, -0.1) is 0 Å². The summed E-state index contributed by atoms with van der Waals surface area (Å²) in [5.41, 5.74) is 2.61. The zero-order chi connectivity index (χ0) is 24.6. The van der Waals surface area contributed by atoms with Gasteiger partial charge in [0.15, 0.2) is 0 Å². The van der Waals surface area contributed by atoms with Gasteiger partial charge in [-0.3, -0.25) is 9.59 Å². The van der Waals surface area contributed by atoms with Crippen LogP contribution in [0.25, 0.3) is 0 Å². The smallest absolute Gasteiger partial charge is 0.243 e. The highest BCUT2D eigenvalue weighted by atomic mass is 35.5. The molecule has 4 rings (SSSR count).